The molecule has 6 heteroatoms. The lowest BCUT2D eigenvalue weighted by molar-refractivity contribution is 0.0546. The zero-order valence-electron chi connectivity index (χ0n) is 9.64. The van der Waals surface area contributed by atoms with Crippen LogP contribution >= 0.6 is 22.9 Å². The molecule has 0 N–H and O–H groups in total. The van der Waals surface area contributed by atoms with E-state index >= 15 is 0 Å². The zero-order chi connectivity index (χ0) is 12.3. The second-order valence-electron chi connectivity index (χ2n) is 3.71. The molecule has 92 valence electrons. The topological polar surface area (TPSA) is 44.2 Å². The summed E-state index contributed by atoms with van der Waals surface area (Å²) in [6.07, 6.45) is 0.203. The van der Waals surface area contributed by atoms with E-state index in [0.29, 0.717) is 19.1 Å². The van der Waals surface area contributed by atoms with Crippen molar-refractivity contribution in [2.24, 2.45) is 0 Å². The monoisotopic (exact) mass is 272 g/mol. The standard InChI is InChI=1S/C11H13ClN2O2S/c1-7(2)15-4-5-16-9-8-3-6-17-10(8)14-11(12)13-9/h3,6-7H,4-5H2,1-2H3. The Morgan fingerprint density at radius 2 is 2.18 bits per heavy atom. The molecule has 0 radical (unpaired) electrons. The Balaban J connectivity index is 2.04. The van der Waals surface area contributed by atoms with Gasteiger partial charge in [0.2, 0.25) is 11.2 Å². The first-order valence-corrected chi connectivity index (χ1v) is 6.57. The van der Waals surface area contributed by atoms with Gasteiger partial charge in [0.05, 0.1) is 18.1 Å². The molecule has 0 fully saturated rings. The highest BCUT2D eigenvalue weighted by molar-refractivity contribution is 7.16. The number of rotatable bonds is 5. The van der Waals surface area contributed by atoms with E-state index in [-0.39, 0.29) is 11.4 Å². The maximum absolute atomic E-state index is 5.82. The first-order chi connectivity index (χ1) is 8.16. The summed E-state index contributed by atoms with van der Waals surface area (Å²) in [6.45, 7) is 4.96. The molecule has 0 aliphatic heterocycles. The van der Waals surface area contributed by atoms with Crippen LogP contribution in [-0.4, -0.2) is 29.3 Å². The molecule has 0 aliphatic rings. The number of ether oxygens (including phenoxy) is 2. The van der Waals surface area contributed by atoms with Gasteiger partial charge in [-0.2, -0.15) is 4.98 Å². The van der Waals surface area contributed by atoms with E-state index in [2.05, 4.69) is 9.97 Å². The van der Waals surface area contributed by atoms with Crippen molar-refractivity contribution in [3.63, 3.8) is 0 Å². The highest BCUT2D eigenvalue weighted by Gasteiger charge is 2.08. The van der Waals surface area contributed by atoms with Gasteiger partial charge in [-0.3, -0.25) is 0 Å². The number of halogens is 1. The van der Waals surface area contributed by atoms with E-state index in [1.54, 1.807) is 0 Å². The molecule has 2 heterocycles. The van der Waals surface area contributed by atoms with Crippen LogP contribution in [0.15, 0.2) is 11.4 Å². The van der Waals surface area contributed by atoms with Crippen LogP contribution in [0.5, 0.6) is 5.88 Å². The highest BCUT2D eigenvalue weighted by Crippen LogP contribution is 2.27. The minimum absolute atomic E-state index is 0.203. The molecule has 0 saturated carbocycles. The Bertz CT molecular complexity index is 501. The molecule has 0 aliphatic carbocycles. The van der Waals surface area contributed by atoms with Crippen molar-refractivity contribution < 1.29 is 9.47 Å². The van der Waals surface area contributed by atoms with Crippen molar-refractivity contribution in [1.29, 1.82) is 0 Å². The Hall–Kier alpha value is -0.910. The lowest BCUT2D eigenvalue weighted by atomic mass is 10.4. The first-order valence-electron chi connectivity index (χ1n) is 5.32. The van der Waals surface area contributed by atoms with Gasteiger partial charge in [0.25, 0.3) is 0 Å². The number of aromatic nitrogens is 2. The van der Waals surface area contributed by atoms with Crippen molar-refractivity contribution in [3.05, 3.63) is 16.7 Å². The third kappa shape index (κ3) is 3.28. The summed E-state index contributed by atoms with van der Waals surface area (Å²) in [5.41, 5.74) is 0. The Kier molecular flexibility index (Phi) is 4.15. The largest absolute Gasteiger partial charge is 0.475 e. The van der Waals surface area contributed by atoms with Gasteiger partial charge < -0.3 is 9.47 Å². The van der Waals surface area contributed by atoms with Gasteiger partial charge >= 0.3 is 0 Å². The number of hydrogen-bond acceptors (Lipinski definition) is 5. The van der Waals surface area contributed by atoms with Gasteiger partial charge in [0.15, 0.2) is 0 Å². The van der Waals surface area contributed by atoms with Crippen LogP contribution in [0.1, 0.15) is 13.8 Å². The molecule has 2 aromatic rings. The van der Waals surface area contributed by atoms with Gasteiger partial charge in [0.1, 0.15) is 11.4 Å². The molecule has 0 amide bonds. The summed E-state index contributed by atoms with van der Waals surface area (Å²) in [4.78, 5) is 9.03. The van der Waals surface area contributed by atoms with E-state index in [4.69, 9.17) is 21.1 Å². The molecule has 0 unspecified atom stereocenters. The smallest absolute Gasteiger partial charge is 0.227 e. The van der Waals surface area contributed by atoms with E-state index < -0.39 is 0 Å². The third-order valence-corrected chi connectivity index (χ3v) is 3.01. The van der Waals surface area contributed by atoms with Crippen molar-refractivity contribution in [2.75, 3.05) is 13.2 Å². The summed E-state index contributed by atoms with van der Waals surface area (Å²) in [6, 6.07) is 1.93. The fraction of sp³-hybridized carbons (Fsp3) is 0.455. The number of fused-ring (bicyclic) bond motifs is 1. The predicted octanol–water partition coefficient (Wildman–Crippen LogP) is 3.15. The molecule has 17 heavy (non-hydrogen) atoms. The molecule has 2 aromatic heterocycles. The summed E-state index contributed by atoms with van der Waals surface area (Å²) in [5, 5.41) is 3.04. The van der Waals surface area contributed by atoms with Crippen LogP contribution in [0, 0.1) is 0 Å². The second kappa shape index (κ2) is 5.62. The molecule has 0 saturated heterocycles. The van der Waals surface area contributed by atoms with Crippen molar-refractivity contribution in [2.45, 2.75) is 20.0 Å². The average Bonchev–Trinajstić information content (AvgIpc) is 2.71. The fourth-order valence-corrected chi connectivity index (χ4v) is 2.30. The van der Waals surface area contributed by atoms with E-state index in [1.165, 1.54) is 11.3 Å². The lowest BCUT2D eigenvalue weighted by Crippen LogP contribution is -2.12. The normalized spacial score (nSPS) is 11.3. The van der Waals surface area contributed by atoms with Crippen LogP contribution in [0.25, 0.3) is 10.2 Å². The van der Waals surface area contributed by atoms with Crippen LogP contribution in [-0.2, 0) is 4.74 Å². The quantitative estimate of drug-likeness (QED) is 0.620. The SMILES string of the molecule is CC(C)OCCOc1nc(Cl)nc2sccc12. The molecule has 2 rings (SSSR count). The average molecular weight is 273 g/mol. The van der Waals surface area contributed by atoms with Crippen molar-refractivity contribution >= 4 is 33.2 Å². The molecule has 0 aromatic carbocycles. The van der Waals surface area contributed by atoms with Crippen molar-refractivity contribution in [3.8, 4) is 5.88 Å². The highest BCUT2D eigenvalue weighted by atomic mass is 35.5. The molecular formula is C11H13ClN2O2S. The molecule has 0 bridgehead atoms. The zero-order valence-corrected chi connectivity index (χ0v) is 11.2. The lowest BCUT2D eigenvalue weighted by Gasteiger charge is -2.09. The van der Waals surface area contributed by atoms with E-state index in [0.717, 1.165) is 10.2 Å². The Labute approximate surface area is 109 Å². The minimum Gasteiger partial charge on any atom is -0.475 e. The predicted molar refractivity (Wildman–Crippen MR) is 69.0 cm³/mol. The molecule has 4 nitrogen and oxygen atoms in total. The fourth-order valence-electron chi connectivity index (χ4n) is 1.34. The van der Waals surface area contributed by atoms with Crippen LogP contribution in [0.2, 0.25) is 5.28 Å². The van der Waals surface area contributed by atoms with Gasteiger partial charge in [-0.15, -0.1) is 11.3 Å². The maximum atomic E-state index is 5.82. The third-order valence-electron chi connectivity index (χ3n) is 2.04. The summed E-state index contributed by atoms with van der Waals surface area (Å²) >= 11 is 7.33. The number of hydrogen-bond donors (Lipinski definition) is 0. The van der Waals surface area contributed by atoms with Gasteiger partial charge in [0, 0.05) is 0 Å². The number of thiophene rings is 1. The first kappa shape index (κ1) is 12.5. The Morgan fingerprint density at radius 3 is 2.94 bits per heavy atom. The van der Waals surface area contributed by atoms with Crippen LogP contribution in [0.3, 0.4) is 0 Å². The molecule has 0 atom stereocenters. The second-order valence-corrected chi connectivity index (χ2v) is 4.94. The molecular weight excluding hydrogens is 260 g/mol. The van der Waals surface area contributed by atoms with E-state index in [9.17, 15) is 0 Å². The summed E-state index contributed by atoms with van der Waals surface area (Å²) in [7, 11) is 0. The van der Waals surface area contributed by atoms with Crippen LogP contribution in [0.4, 0.5) is 0 Å². The van der Waals surface area contributed by atoms with Gasteiger partial charge in [-0.1, -0.05) is 0 Å². The van der Waals surface area contributed by atoms with Crippen molar-refractivity contribution in [1.82, 2.24) is 9.97 Å². The van der Waals surface area contributed by atoms with Gasteiger partial charge in [-0.05, 0) is 36.9 Å². The molecule has 0 spiro atoms. The summed E-state index contributed by atoms with van der Waals surface area (Å²) < 4.78 is 10.9. The number of nitrogens with zero attached hydrogens (tertiary/aromatic N) is 2. The minimum atomic E-state index is 0.203. The Morgan fingerprint density at radius 1 is 1.35 bits per heavy atom. The maximum Gasteiger partial charge on any atom is 0.227 e. The van der Waals surface area contributed by atoms with Crippen LogP contribution < -0.4 is 4.74 Å². The van der Waals surface area contributed by atoms with E-state index in [1.807, 2.05) is 25.3 Å². The van der Waals surface area contributed by atoms with Gasteiger partial charge in [-0.25, -0.2) is 4.98 Å². The summed E-state index contributed by atoms with van der Waals surface area (Å²) in [5.74, 6) is 0.522.